The number of aliphatic hydroxyl groups is 1. The summed E-state index contributed by atoms with van der Waals surface area (Å²) in [5.41, 5.74) is 1.80. The van der Waals surface area contributed by atoms with Gasteiger partial charge in [0, 0.05) is 37.4 Å². The van der Waals surface area contributed by atoms with Crippen LogP contribution in [0, 0.1) is 0 Å². The molecule has 2 aliphatic heterocycles. The number of nitrogens with one attached hydrogen (secondary N) is 1. The average molecular weight is 291 g/mol. The Labute approximate surface area is 124 Å². The predicted molar refractivity (Wildman–Crippen MR) is 79.7 cm³/mol. The van der Waals surface area contributed by atoms with Gasteiger partial charge in [-0.1, -0.05) is 6.07 Å². The number of rotatable bonds is 3. The van der Waals surface area contributed by atoms with E-state index in [2.05, 4.69) is 10.2 Å². The second-order valence-electron chi connectivity index (χ2n) is 5.55. The van der Waals surface area contributed by atoms with Crippen LogP contribution in [-0.4, -0.2) is 55.4 Å². The topological polar surface area (TPSA) is 65.0 Å². The van der Waals surface area contributed by atoms with Crippen molar-refractivity contribution in [3.05, 3.63) is 23.8 Å². The van der Waals surface area contributed by atoms with Gasteiger partial charge in [0.25, 0.3) is 0 Å². The van der Waals surface area contributed by atoms with E-state index in [-0.39, 0.29) is 12.1 Å². The van der Waals surface area contributed by atoms with Gasteiger partial charge in [-0.15, -0.1) is 0 Å². The Kier molecular flexibility index (Phi) is 3.63. The Morgan fingerprint density at radius 1 is 1.43 bits per heavy atom. The molecule has 0 bridgehead atoms. The fraction of sp³-hybridized carbons (Fsp3) is 0.533. The Bertz CT molecular complexity index is 547. The number of aliphatic hydroxyl groups excluding tert-OH is 1. The maximum atomic E-state index is 11.7. The molecule has 2 aliphatic rings. The summed E-state index contributed by atoms with van der Waals surface area (Å²) in [5, 5.41) is 13.0. The molecule has 1 aromatic carbocycles. The molecule has 2 N–H and O–H groups in total. The van der Waals surface area contributed by atoms with Crippen molar-refractivity contribution >= 4 is 11.7 Å². The van der Waals surface area contributed by atoms with Gasteiger partial charge >= 0.3 is 6.03 Å². The molecular weight excluding hydrogens is 270 g/mol. The van der Waals surface area contributed by atoms with Gasteiger partial charge in [-0.25, -0.2) is 4.79 Å². The second-order valence-corrected chi connectivity index (χ2v) is 5.55. The Morgan fingerprint density at radius 3 is 2.95 bits per heavy atom. The number of hydrogen-bond acceptors (Lipinski definition) is 4. The zero-order valence-electron chi connectivity index (χ0n) is 12.4. The van der Waals surface area contributed by atoms with E-state index in [1.807, 2.05) is 23.1 Å². The van der Waals surface area contributed by atoms with Crippen LogP contribution in [0.2, 0.25) is 0 Å². The van der Waals surface area contributed by atoms with Gasteiger partial charge in [0.05, 0.1) is 19.3 Å². The Morgan fingerprint density at radius 2 is 2.24 bits per heavy atom. The highest BCUT2D eigenvalue weighted by Gasteiger charge is 2.36. The summed E-state index contributed by atoms with van der Waals surface area (Å²) >= 11 is 0. The van der Waals surface area contributed by atoms with Gasteiger partial charge in [-0.2, -0.15) is 0 Å². The molecule has 3 rings (SSSR count). The fourth-order valence-electron chi connectivity index (χ4n) is 3.23. The van der Waals surface area contributed by atoms with E-state index in [0.717, 1.165) is 24.3 Å². The summed E-state index contributed by atoms with van der Waals surface area (Å²) < 4.78 is 5.38. The summed E-state index contributed by atoms with van der Waals surface area (Å²) in [6, 6.07) is 6.03. The highest BCUT2D eigenvalue weighted by Crippen LogP contribution is 2.35. The minimum absolute atomic E-state index is 0.0287. The third-order valence-corrected chi connectivity index (χ3v) is 4.25. The third-order valence-electron chi connectivity index (χ3n) is 4.25. The molecule has 0 spiro atoms. The lowest BCUT2D eigenvalue weighted by Crippen LogP contribution is -2.52. The molecule has 6 nitrogen and oxygen atoms in total. The number of anilines is 1. The SMILES string of the molecule is COc1cccc(N2CCN3C(=O)NCC3C2)c1C(C)O. The molecule has 2 atom stereocenters. The fourth-order valence-corrected chi connectivity index (χ4v) is 3.23. The lowest BCUT2D eigenvalue weighted by atomic mass is 10.0. The maximum absolute atomic E-state index is 11.7. The van der Waals surface area contributed by atoms with Crippen molar-refractivity contribution in [2.75, 3.05) is 38.2 Å². The van der Waals surface area contributed by atoms with Gasteiger partial charge in [-0.05, 0) is 19.1 Å². The monoisotopic (exact) mass is 291 g/mol. The molecule has 2 saturated heterocycles. The standard InChI is InChI=1S/C15H21N3O3/c1-10(19)14-12(4-3-5-13(14)21-2)17-6-7-18-11(9-17)8-16-15(18)20/h3-5,10-11,19H,6-9H2,1-2H3,(H,16,20). The minimum atomic E-state index is -0.600. The van der Waals surface area contributed by atoms with Crippen LogP contribution in [0.4, 0.5) is 10.5 Å². The van der Waals surface area contributed by atoms with Crippen LogP contribution in [0.25, 0.3) is 0 Å². The lowest BCUT2D eigenvalue weighted by Gasteiger charge is -2.39. The van der Waals surface area contributed by atoms with Crippen LogP contribution in [0.1, 0.15) is 18.6 Å². The lowest BCUT2D eigenvalue weighted by molar-refractivity contribution is 0.191. The van der Waals surface area contributed by atoms with E-state index in [0.29, 0.717) is 18.8 Å². The number of benzene rings is 1. The Hall–Kier alpha value is -1.95. The minimum Gasteiger partial charge on any atom is -0.496 e. The zero-order chi connectivity index (χ0) is 15.0. The number of carbonyl (C=O) groups is 1. The molecule has 2 amide bonds. The molecule has 0 aliphatic carbocycles. The predicted octanol–water partition coefficient (Wildman–Crippen LogP) is 0.962. The highest BCUT2D eigenvalue weighted by molar-refractivity contribution is 5.77. The molecule has 0 aromatic heterocycles. The van der Waals surface area contributed by atoms with Gasteiger partial charge in [-0.3, -0.25) is 0 Å². The first kappa shape index (κ1) is 14.0. The van der Waals surface area contributed by atoms with Crippen molar-refractivity contribution in [1.82, 2.24) is 10.2 Å². The van der Waals surface area contributed by atoms with Crippen molar-refractivity contribution in [3.8, 4) is 5.75 Å². The molecule has 2 fully saturated rings. The van der Waals surface area contributed by atoms with Crippen molar-refractivity contribution in [3.63, 3.8) is 0 Å². The number of fused-ring (bicyclic) bond motifs is 1. The average Bonchev–Trinajstić information content (AvgIpc) is 2.87. The number of hydrogen-bond donors (Lipinski definition) is 2. The number of methoxy groups -OCH3 is 1. The van der Waals surface area contributed by atoms with E-state index in [4.69, 9.17) is 4.74 Å². The molecule has 6 heteroatoms. The van der Waals surface area contributed by atoms with Crippen molar-refractivity contribution in [2.45, 2.75) is 19.1 Å². The third kappa shape index (κ3) is 2.40. The molecular formula is C15H21N3O3. The summed E-state index contributed by atoms with van der Waals surface area (Å²) in [6.45, 7) is 4.66. The van der Waals surface area contributed by atoms with E-state index >= 15 is 0 Å². The van der Waals surface area contributed by atoms with Crippen molar-refractivity contribution < 1.29 is 14.6 Å². The largest absolute Gasteiger partial charge is 0.496 e. The molecule has 1 aromatic rings. The number of carbonyl (C=O) groups excluding carboxylic acids is 1. The quantitative estimate of drug-likeness (QED) is 0.871. The molecule has 0 saturated carbocycles. The molecule has 0 radical (unpaired) electrons. The summed E-state index contributed by atoms with van der Waals surface area (Å²) in [6.07, 6.45) is -0.600. The van der Waals surface area contributed by atoms with Gasteiger partial charge < -0.3 is 25.0 Å². The first-order valence-corrected chi connectivity index (χ1v) is 7.26. The van der Waals surface area contributed by atoms with E-state index in [9.17, 15) is 9.90 Å². The normalized spacial score (nSPS) is 22.8. The number of piperazine rings is 1. The number of nitrogens with zero attached hydrogens (tertiary/aromatic N) is 2. The van der Waals surface area contributed by atoms with Crippen LogP contribution >= 0.6 is 0 Å². The molecule has 2 heterocycles. The van der Waals surface area contributed by atoms with Gasteiger partial charge in [0.15, 0.2) is 0 Å². The van der Waals surface area contributed by atoms with Crippen LogP contribution in [0.5, 0.6) is 5.75 Å². The smallest absolute Gasteiger partial charge is 0.317 e. The second kappa shape index (κ2) is 5.44. The summed E-state index contributed by atoms with van der Waals surface area (Å²) in [7, 11) is 1.61. The zero-order valence-corrected chi connectivity index (χ0v) is 12.4. The molecule has 114 valence electrons. The van der Waals surface area contributed by atoms with E-state index in [1.165, 1.54) is 0 Å². The van der Waals surface area contributed by atoms with Crippen LogP contribution in [0.3, 0.4) is 0 Å². The Balaban J connectivity index is 1.89. The summed E-state index contributed by atoms with van der Waals surface area (Å²) in [4.78, 5) is 15.8. The summed E-state index contributed by atoms with van der Waals surface area (Å²) in [5.74, 6) is 0.700. The van der Waals surface area contributed by atoms with E-state index in [1.54, 1.807) is 14.0 Å². The van der Waals surface area contributed by atoms with Crippen LogP contribution < -0.4 is 15.0 Å². The highest BCUT2D eigenvalue weighted by atomic mass is 16.5. The first-order chi connectivity index (χ1) is 10.1. The van der Waals surface area contributed by atoms with Crippen LogP contribution in [-0.2, 0) is 0 Å². The maximum Gasteiger partial charge on any atom is 0.317 e. The van der Waals surface area contributed by atoms with Crippen molar-refractivity contribution in [2.24, 2.45) is 0 Å². The number of amides is 2. The van der Waals surface area contributed by atoms with Crippen molar-refractivity contribution in [1.29, 1.82) is 0 Å². The van der Waals surface area contributed by atoms with E-state index < -0.39 is 6.10 Å². The van der Waals surface area contributed by atoms with Crippen LogP contribution in [0.15, 0.2) is 18.2 Å². The van der Waals surface area contributed by atoms with Gasteiger partial charge in [0.2, 0.25) is 0 Å². The van der Waals surface area contributed by atoms with Gasteiger partial charge in [0.1, 0.15) is 5.75 Å². The first-order valence-electron chi connectivity index (χ1n) is 7.26. The number of urea groups is 1. The molecule has 21 heavy (non-hydrogen) atoms. The molecule has 2 unspecified atom stereocenters. The number of ether oxygens (including phenoxy) is 1.